The van der Waals surface area contributed by atoms with E-state index in [-0.39, 0.29) is 12.1 Å². The van der Waals surface area contributed by atoms with Crippen LogP contribution in [0.15, 0.2) is 16.6 Å². The SMILES string of the molecule is NCc1cc(Br)c(C(F)(F)F)c(C(F)(F)F)c1. The molecule has 0 saturated heterocycles. The summed E-state index contributed by atoms with van der Waals surface area (Å²) < 4.78 is 74.4. The minimum atomic E-state index is -5.09. The van der Waals surface area contributed by atoms with E-state index in [1.165, 1.54) is 0 Å². The van der Waals surface area contributed by atoms with Crippen LogP contribution in [0, 0.1) is 0 Å². The van der Waals surface area contributed by atoms with Crippen molar-refractivity contribution in [3.63, 3.8) is 0 Å². The van der Waals surface area contributed by atoms with Crippen molar-refractivity contribution >= 4 is 15.9 Å². The molecule has 0 bridgehead atoms. The van der Waals surface area contributed by atoms with E-state index in [1.807, 2.05) is 0 Å². The van der Waals surface area contributed by atoms with Gasteiger partial charge in [0.05, 0.1) is 11.1 Å². The zero-order chi connectivity index (χ0) is 13.4. The lowest BCUT2D eigenvalue weighted by Gasteiger charge is -2.18. The van der Waals surface area contributed by atoms with Crippen LogP contribution < -0.4 is 5.73 Å². The van der Waals surface area contributed by atoms with Crippen LogP contribution in [0.25, 0.3) is 0 Å². The molecule has 0 fully saturated rings. The van der Waals surface area contributed by atoms with E-state index in [2.05, 4.69) is 15.9 Å². The largest absolute Gasteiger partial charge is 0.418 e. The second-order valence-corrected chi connectivity index (χ2v) is 4.05. The lowest BCUT2D eigenvalue weighted by Crippen LogP contribution is -2.18. The highest BCUT2D eigenvalue weighted by atomic mass is 79.9. The molecule has 8 heteroatoms. The van der Waals surface area contributed by atoms with E-state index in [1.54, 1.807) is 0 Å². The van der Waals surface area contributed by atoms with Gasteiger partial charge in [0.15, 0.2) is 0 Å². The van der Waals surface area contributed by atoms with Gasteiger partial charge < -0.3 is 5.73 Å². The van der Waals surface area contributed by atoms with Crippen LogP contribution in [0.2, 0.25) is 0 Å². The topological polar surface area (TPSA) is 26.0 Å². The molecule has 0 aromatic heterocycles. The highest BCUT2D eigenvalue weighted by Gasteiger charge is 2.44. The molecule has 1 rings (SSSR count). The van der Waals surface area contributed by atoms with E-state index < -0.39 is 28.0 Å². The summed E-state index contributed by atoms with van der Waals surface area (Å²) in [6.07, 6.45) is -10.2. The molecular formula is C9H6BrF6N. The summed E-state index contributed by atoms with van der Waals surface area (Å²) in [5.41, 5.74) is 1.62. The first-order valence-corrected chi connectivity index (χ1v) is 5.03. The standard InChI is InChI=1S/C9H6BrF6N/c10-6-2-4(3-17)1-5(8(11,12)13)7(6)9(14,15)16/h1-2H,3,17H2. The molecule has 2 N–H and O–H groups in total. The highest BCUT2D eigenvalue weighted by Crippen LogP contribution is 2.44. The maximum Gasteiger partial charge on any atom is 0.418 e. The van der Waals surface area contributed by atoms with Gasteiger partial charge >= 0.3 is 12.4 Å². The van der Waals surface area contributed by atoms with Gasteiger partial charge in [-0.3, -0.25) is 0 Å². The van der Waals surface area contributed by atoms with E-state index in [0.717, 1.165) is 6.07 Å². The van der Waals surface area contributed by atoms with Crippen molar-refractivity contribution in [1.82, 2.24) is 0 Å². The molecule has 0 heterocycles. The fourth-order valence-electron chi connectivity index (χ4n) is 1.29. The molecule has 1 aromatic rings. The Bertz CT molecular complexity index is 423. The summed E-state index contributed by atoms with van der Waals surface area (Å²) in [6.45, 7) is -0.278. The van der Waals surface area contributed by atoms with Gasteiger partial charge in [-0.1, -0.05) is 15.9 Å². The average molecular weight is 322 g/mol. The Hall–Kier alpha value is -0.760. The van der Waals surface area contributed by atoms with Crippen molar-refractivity contribution in [3.8, 4) is 0 Å². The normalized spacial score (nSPS) is 12.9. The van der Waals surface area contributed by atoms with Gasteiger partial charge in [0.25, 0.3) is 0 Å². The van der Waals surface area contributed by atoms with Gasteiger partial charge in [0.1, 0.15) is 0 Å². The van der Waals surface area contributed by atoms with E-state index in [9.17, 15) is 26.3 Å². The fraction of sp³-hybridized carbons (Fsp3) is 0.333. The maximum absolute atomic E-state index is 12.5. The molecule has 0 saturated carbocycles. The van der Waals surface area contributed by atoms with E-state index in [0.29, 0.717) is 6.07 Å². The predicted molar refractivity (Wildman–Crippen MR) is 52.0 cm³/mol. The number of alkyl halides is 6. The second-order valence-electron chi connectivity index (χ2n) is 3.20. The van der Waals surface area contributed by atoms with Crippen molar-refractivity contribution in [2.75, 3.05) is 0 Å². The van der Waals surface area contributed by atoms with Gasteiger partial charge in [0, 0.05) is 11.0 Å². The van der Waals surface area contributed by atoms with Crippen LogP contribution in [0.3, 0.4) is 0 Å². The Labute approximate surface area is 101 Å². The summed E-state index contributed by atoms with van der Waals surface area (Å²) in [6, 6.07) is 1.34. The minimum absolute atomic E-state index is 0.0304. The highest BCUT2D eigenvalue weighted by molar-refractivity contribution is 9.10. The minimum Gasteiger partial charge on any atom is -0.326 e. The number of rotatable bonds is 1. The zero-order valence-electron chi connectivity index (χ0n) is 8.08. The molecule has 17 heavy (non-hydrogen) atoms. The van der Waals surface area contributed by atoms with Gasteiger partial charge in [-0.2, -0.15) is 26.3 Å². The van der Waals surface area contributed by atoms with Crippen molar-refractivity contribution in [1.29, 1.82) is 0 Å². The summed E-state index contributed by atoms with van der Waals surface area (Å²) in [5, 5.41) is 0. The van der Waals surface area contributed by atoms with Crippen molar-refractivity contribution < 1.29 is 26.3 Å². The van der Waals surface area contributed by atoms with Gasteiger partial charge in [-0.15, -0.1) is 0 Å². The number of benzene rings is 1. The summed E-state index contributed by atoms with van der Waals surface area (Å²) in [4.78, 5) is 0. The van der Waals surface area contributed by atoms with E-state index in [4.69, 9.17) is 5.73 Å². The van der Waals surface area contributed by atoms with Gasteiger partial charge in [-0.05, 0) is 17.7 Å². The summed E-state index contributed by atoms with van der Waals surface area (Å²) >= 11 is 2.49. The molecular weight excluding hydrogens is 316 g/mol. The summed E-state index contributed by atoms with van der Waals surface area (Å²) in [7, 11) is 0. The first-order chi connectivity index (χ1) is 7.57. The molecule has 0 aliphatic heterocycles. The van der Waals surface area contributed by atoms with Crippen molar-refractivity contribution in [3.05, 3.63) is 33.3 Å². The van der Waals surface area contributed by atoms with Crippen molar-refractivity contribution in [2.45, 2.75) is 18.9 Å². The lowest BCUT2D eigenvalue weighted by atomic mass is 10.0. The Morgan fingerprint density at radius 3 is 1.88 bits per heavy atom. The number of hydrogen-bond acceptors (Lipinski definition) is 1. The molecule has 0 spiro atoms. The Balaban J connectivity index is 3.58. The molecule has 96 valence electrons. The van der Waals surface area contributed by atoms with E-state index >= 15 is 0 Å². The second kappa shape index (κ2) is 4.49. The zero-order valence-corrected chi connectivity index (χ0v) is 9.67. The fourth-order valence-corrected chi connectivity index (χ4v) is 2.02. The Kier molecular flexibility index (Phi) is 3.78. The smallest absolute Gasteiger partial charge is 0.326 e. The number of nitrogens with two attached hydrogens (primary N) is 1. The third kappa shape index (κ3) is 3.12. The third-order valence-electron chi connectivity index (χ3n) is 1.97. The molecule has 0 atom stereocenters. The molecule has 1 aromatic carbocycles. The first-order valence-electron chi connectivity index (χ1n) is 4.24. The molecule has 0 aliphatic rings. The van der Waals surface area contributed by atoms with Crippen LogP contribution in [-0.2, 0) is 18.9 Å². The van der Waals surface area contributed by atoms with Crippen LogP contribution in [0.4, 0.5) is 26.3 Å². The van der Waals surface area contributed by atoms with Gasteiger partial charge in [-0.25, -0.2) is 0 Å². The average Bonchev–Trinajstić information content (AvgIpc) is 2.12. The number of halogens is 7. The Morgan fingerprint density at radius 1 is 1.00 bits per heavy atom. The predicted octanol–water partition coefficient (Wildman–Crippen LogP) is 3.95. The monoisotopic (exact) mass is 321 g/mol. The van der Waals surface area contributed by atoms with Crippen LogP contribution in [0.5, 0.6) is 0 Å². The quantitative estimate of drug-likeness (QED) is 0.779. The first kappa shape index (κ1) is 14.3. The molecule has 0 aliphatic carbocycles. The maximum atomic E-state index is 12.5. The lowest BCUT2D eigenvalue weighted by molar-refractivity contribution is -0.162. The van der Waals surface area contributed by atoms with Crippen LogP contribution in [0.1, 0.15) is 16.7 Å². The Morgan fingerprint density at radius 2 is 1.53 bits per heavy atom. The summed E-state index contributed by atoms with van der Waals surface area (Å²) in [5.74, 6) is 0. The third-order valence-corrected chi connectivity index (χ3v) is 2.60. The number of hydrogen-bond donors (Lipinski definition) is 1. The molecule has 0 radical (unpaired) electrons. The van der Waals surface area contributed by atoms with Gasteiger partial charge in [0.2, 0.25) is 0 Å². The van der Waals surface area contributed by atoms with Crippen LogP contribution >= 0.6 is 15.9 Å². The molecule has 0 unspecified atom stereocenters. The van der Waals surface area contributed by atoms with Crippen LogP contribution in [-0.4, -0.2) is 0 Å². The molecule has 1 nitrogen and oxygen atoms in total. The van der Waals surface area contributed by atoms with Crippen molar-refractivity contribution in [2.24, 2.45) is 5.73 Å². The molecule has 0 amide bonds.